The summed E-state index contributed by atoms with van der Waals surface area (Å²) in [6, 6.07) is 20.3. The molecule has 3 aliphatic heterocycles. The van der Waals surface area contributed by atoms with Gasteiger partial charge in [0.25, 0.3) is 11.7 Å². The van der Waals surface area contributed by atoms with Gasteiger partial charge in [-0.25, -0.2) is 0 Å². The molecule has 1 fully saturated rings. The number of aliphatic hydroxyl groups excluding tert-OH is 1. The number of ether oxygens (including phenoxy) is 2. The average Bonchev–Trinajstić information content (AvgIpc) is 3.90. The molecule has 1 saturated heterocycles. The predicted octanol–water partition coefficient (Wildman–Crippen LogP) is 6.52. The summed E-state index contributed by atoms with van der Waals surface area (Å²) < 4.78 is 8.99. The highest BCUT2D eigenvalue weighted by atomic mass is 35.5. The average molecular weight is 1020 g/mol. The van der Waals surface area contributed by atoms with Gasteiger partial charge in [0.2, 0.25) is 18.1 Å². The van der Waals surface area contributed by atoms with Crippen molar-refractivity contribution >= 4 is 99.4 Å². The molecular formula is C44H44Cl4N6O14. The molecule has 7 N–H and O–H groups in total. The van der Waals surface area contributed by atoms with Crippen molar-refractivity contribution in [3.63, 3.8) is 0 Å². The summed E-state index contributed by atoms with van der Waals surface area (Å²) in [4.78, 5) is 88.9. The number of nitro groups is 2. The molecule has 3 heterocycles. The second kappa shape index (κ2) is 26.1. The third kappa shape index (κ3) is 14.7. The molecule has 362 valence electrons. The number of methoxy groups -OCH3 is 2. The van der Waals surface area contributed by atoms with Gasteiger partial charge in [0.1, 0.15) is 11.6 Å². The number of hydrogen-bond donors (Lipinski definition) is 6. The van der Waals surface area contributed by atoms with Crippen molar-refractivity contribution in [3.8, 4) is 0 Å². The van der Waals surface area contributed by atoms with Crippen molar-refractivity contribution < 1.29 is 58.3 Å². The maximum Gasteiger partial charge on any atom is 0.320 e. The van der Waals surface area contributed by atoms with Crippen LogP contribution in [0.25, 0.3) is 6.08 Å². The van der Waals surface area contributed by atoms with Crippen molar-refractivity contribution in [3.05, 3.63) is 154 Å². The summed E-state index contributed by atoms with van der Waals surface area (Å²) in [5.74, 6) is -4.40. The van der Waals surface area contributed by atoms with E-state index in [0.29, 0.717) is 48.2 Å². The number of ketones is 1. The zero-order valence-electron chi connectivity index (χ0n) is 36.2. The highest BCUT2D eigenvalue weighted by molar-refractivity contribution is 6.52. The zero-order valence-corrected chi connectivity index (χ0v) is 39.2. The number of nitrogens with two attached hydrogens (primary N) is 1. The first kappa shape index (κ1) is 55.8. The number of halogens is 4. The summed E-state index contributed by atoms with van der Waals surface area (Å²) in [7, 11) is 3.50. The van der Waals surface area contributed by atoms with Gasteiger partial charge in [0, 0.05) is 62.3 Å². The van der Waals surface area contributed by atoms with E-state index in [4.69, 9.17) is 67.1 Å². The Labute approximate surface area is 408 Å². The SMILES string of the molecule is CO.COC(=O)CC[C@@H]1N[C@@]2(C(=O)Nc3cc(Cl)ccc32)[C@@H](c2cccc(Cl)c2)[C@@H]1[N+](=O)[O-].COC(=O)CC[C@H](N)C(=O)O.O=C1Nc2cc(Cl)ccc2C1=O.O=[N+]([O-])/C=C/c1cccc(Cl)c1. The summed E-state index contributed by atoms with van der Waals surface area (Å²) in [5.41, 5.74) is 6.93. The number of aliphatic hydroxyl groups is 1. The largest absolute Gasteiger partial charge is 0.480 e. The molecule has 4 aromatic carbocycles. The Balaban J connectivity index is 0.000000272. The van der Waals surface area contributed by atoms with Crippen LogP contribution >= 0.6 is 46.4 Å². The number of fused-ring (bicyclic) bond motifs is 3. The highest BCUT2D eigenvalue weighted by Gasteiger charge is 2.66. The number of anilines is 2. The van der Waals surface area contributed by atoms with Crippen LogP contribution in [0.3, 0.4) is 0 Å². The number of rotatable bonds is 11. The summed E-state index contributed by atoms with van der Waals surface area (Å²) >= 11 is 23.6. The first-order chi connectivity index (χ1) is 32.2. The van der Waals surface area contributed by atoms with Crippen LogP contribution in [-0.4, -0.2) is 95.0 Å². The second-order valence-corrected chi connectivity index (χ2v) is 16.1. The van der Waals surface area contributed by atoms with Crippen LogP contribution in [0.15, 0.2) is 91.1 Å². The van der Waals surface area contributed by atoms with Crippen molar-refractivity contribution in [2.45, 2.75) is 55.3 Å². The van der Waals surface area contributed by atoms with Crippen molar-refractivity contribution in [2.24, 2.45) is 5.73 Å². The minimum atomic E-state index is -1.41. The molecule has 2 amide bonds. The maximum absolute atomic E-state index is 13.4. The Hall–Kier alpha value is -6.52. The summed E-state index contributed by atoms with van der Waals surface area (Å²) in [6.45, 7) is 0. The van der Waals surface area contributed by atoms with Gasteiger partial charge in [0.05, 0.1) is 42.4 Å². The van der Waals surface area contributed by atoms with E-state index in [9.17, 15) is 49.0 Å². The van der Waals surface area contributed by atoms with Crippen LogP contribution in [0.2, 0.25) is 20.1 Å². The molecule has 68 heavy (non-hydrogen) atoms. The minimum Gasteiger partial charge on any atom is -0.480 e. The molecule has 5 atom stereocenters. The van der Waals surface area contributed by atoms with E-state index < -0.39 is 74.9 Å². The van der Waals surface area contributed by atoms with Gasteiger partial charge in [-0.15, -0.1) is 0 Å². The molecule has 20 nitrogen and oxygen atoms in total. The van der Waals surface area contributed by atoms with E-state index in [2.05, 4.69) is 20.7 Å². The number of hydrogen-bond acceptors (Lipinski definition) is 15. The van der Waals surface area contributed by atoms with E-state index in [1.54, 1.807) is 78.9 Å². The molecule has 0 bridgehead atoms. The molecule has 0 aliphatic carbocycles. The molecule has 3 aliphatic rings. The summed E-state index contributed by atoms with van der Waals surface area (Å²) in [5, 5.41) is 47.9. The van der Waals surface area contributed by atoms with Crippen molar-refractivity contribution in [1.29, 1.82) is 0 Å². The number of carbonyl (C=O) groups excluding carboxylic acids is 5. The number of carboxylic acids is 1. The fraction of sp³-hybridized carbons (Fsp3) is 0.273. The number of aliphatic carboxylic acids is 1. The number of carbonyl (C=O) groups is 6. The molecule has 0 aromatic heterocycles. The number of esters is 2. The lowest BCUT2D eigenvalue weighted by Gasteiger charge is -2.29. The minimum absolute atomic E-state index is 0.0219. The highest BCUT2D eigenvalue weighted by Crippen LogP contribution is 2.53. The Morgan fingerprint density at radius 1 is 0.809 bits per heavy atom. The molecule has 0 unspecified atom stereocenters. The van der Waals surface area contributed by atoms with Crippen LogP contribution in [0, 0.1) is 20.2 Å². The Bertz CT molecular complexity index is 2570. The number of nitrogens with one attached hydrogen (secondary N) is 3. The smallest absolute Gasteiger partial charge is 0.320 e. The predicted molar refractivity (Wildman–Crippen MR) is 252 cm³/mol. The third-order valence-corrected chi connectivity index (χ3v) is 11.0. The van der Waals surface area contributed by atoms with Gasteiger partial charge in [-0.2, -0.15) is 0 Å². The van der Waals surface area contributed by atoms with Gasteiger partial charge >= 0.3 is 17.9 Å². The van der Waals surface area contributed by atoms with Gasteiger partial charge in [-0.3, -0.25) is 54.3 Å². The van der Waals surface area contributed by atoms with Crippen LogP contribution in [0.5, 0.6) is 0 Å². The zero-order chi connectivity index (χ0) is 50.9. The first-order valence-electron chi connectivity index (χ1n) is 19.8. The fourth-order valence-corrected chi connectivity index (χ4v) is 7.87. The topological polar surface area (TPSA) is 310 Å². The number of nitrogens with zero attached hydrogens (tertiary/aromatic N) is 2. The number of amides is 2. The van der Waals surface area contributed by atoms with Gasteiger partial charge in [-0.05, 0) is 78.6 Å². The maximum atomic E-state index is 13.4. The number of carboxylic acid groups (broad SMARTS) is 1. The lowest BCUT2D eigenvalue weighted by molar-refractivity contribution is -0.527. The lowest BCUT2D eigenvalue weighted by Crippen LogP contribution is -2.49. The number of benzene rings is 4. The summed E-state index contributed by atoms with van der Waals surface area (Å²) in [6.07, 6.45) is 2.54. The number of Topliss-reactive ketones (excluding diaryl/α,β-unsaturated/α-hetero) is 1. The van der Waals surface area contributed by atoms with Crippen LogP contribution in [0.1, 0.15) is 58.6 Å². The monoisotopic (exact) mass is 1020 g/mol. The molecule has 4 aromatic rings. The van der Waals surface area contributed by atoms with E-state index in [1.807, 2.05) is 0 Å². The van der Waals surface area contributed by atoms with Crippen LogP contribution in [-0.2, 0) is 39.0 Å². The quantitative estimate of drug-likeness (QED) is 0.0403. The van der Waals surface area contributed by atoms with Gasteiger partial charge in [-0.1, -0.05) is 76.7 Å². The first-order valence-corrected chi connectivity index (χ1v) is 21.3. The van der Waals surface area contributed by atoms with Gasteiger partial charge in [0.15, 0.2) is 0 Å². The van der Waals surface area contributed by atoms with E-state index in [-0.39, 0.29) is 25.7 Å². The van der Waals surface area contributed by atoms with Crippen LogP contribution < -0.4 is 21.7 Å². The molecule has 24 heteroatoms. The molecule has 7 rings (SSSR count). The Kier molecular flexibility index (Phi) is 21.4. The normalized spacial score (nSPS) is 18.5. The van der Waals surface area contributed by atoms with Crippen molar-refractivity contribution in [2.75, 3.05) is 32.0 Å². The molecule has 0 saturated carbocycles. The molecule has 1 spiro atoms. The molecular weight excluding hydrogens is 978 g/mol. The Morgan fingerprint density at radius 2 is 1.38 bits per heavy atom. The third-order valence-electron chi connectivity index (χ3n) is 10.1. The fourth-order valence-electron chi connectivity index (χ4n) is 7.12. The standard InChI is InChI=1S/C21H19Cl2N3O5.C8H4ClNO2.C8H6ClNO2.C6H11NO4.CH4O/c1-31-17(27)8-7-15-19(26(29)30)18(11-3-2-4-12(22)9-11)21(25-15)14-6-5-13(23)10-16(14)24-20(21)28;9-4-1-2-5-6(3-4)10-8(12)7(5)11;9-8-3-1-2-7(6-8)4-5-10(11)12;1-11-5(8)3-2-4(7)6(9)10;1-2/h2-6,9-10,15,18-19,25H,7-8H2,1H3,(H,24,28);1-3H,(H,10,11,12);1-6H;4H,2-3,7H2,1H3,(H,9,10);2H,1H3/b;;5-4+;;/t15-,18-,19+,21+;;;4-;/m0..0./s1. The Morgan fingerprint density at radius 3 is 1.96 bits per heavy atom. The second-order valence-electron chi connectivity index (χ2n) is 14.3. The van der Waals surface area contributed by atoms with Gasteiger partial charge < -0.3 is 36.1 Å². The van der Waals surface area contributed by atoms with Crippen LogP contribution in [0.4, 0.5) is 11.4 Å². The van der Waals surface area contributed by atoms with E-state index in [0.717, 1.165) is 18.9 Å². The van der Waals surface area contributed by atoms with Crippen molar-refractivity contribution in [1.82, 2.24) is 5.32 Å². The van der Waals surface area contributed by atoms with E-state index >= 15 is 0 Å². The lowest BCUT2D eigenvalue weighted by atomic mass is 9.74. The van der Waals surface area contributed by atoms with E-state index in [1.165, 1.54) is 26.4 Å². The molecule has 0 radical (unpaired) electrons.